The average Bonchev–Trinajstić information content (AvgIpc) is 2.54. The van der Waals surface area contributed by atoms with Crippen LogP contribution >= 0.6 is 0 Å². The summed E-state index contributed by atoms with van der Waals surface area (Å²) in [4.78, 5) is 13.4. The van der Waals surface area contributed by atoms with Gasteiger partial charge in [0, 0.05) is 19.3 Å². The lowest BCUT2D eigenvalue weighted by Crippen LogP contribution is -2.36. The zero-order chi connectivity index (χ0) is 16.7. The van der Waals surface area contributed by atoms with Crippen LogP contribution in [0.4, 0.5) is 10.5 Å². The number of nitrogens with one attached hydrogen (secondary N) is 1. The van der Waals surface area contributed by atoms with Crippen molar-refractivity contribution in [3.8, 4) is 5.75 Å². The van der Waals surface area contributed by atoms with Gasteiger partial charge in [-0.25, -0.2) is 4.79 Å². The third kappa shape index (κ3) is 5.64. The number of likely N-dealkylation sites (N-methyl/N-ethyl adjacent to an activating group) is 1. The monoisotopic (exact) mass is 314 g/mol. The Balaban J connectivity index is 1.85. The number of hydrogen-bond acceptors (Lipinski definition) is 3. The van der Waals surface area contributed by atoms with Crippen molar-refractivity contribution in [3.63, 3.8) is 0 Å². The van der Waals surface area contributed by atoms with Gasteiger partial charge < -0.3 is 20.1 Å². The fourth-order valence-electron chi connectivity index (χ4n) is 2.07. The summed E-state index contributed by atoms with van der Waals surface area (Å²) in [5.41, 5.74) is 1.72. The summed E-state index contributed by atoms with van der Waals surface area (Å²) in [6.07, 6.45) is -0.553. The maximum absolute atomic E-state index is 11.9. The van der Waals surface area contributed by atoms with Gasteiger partial charge in [-0.15, -0.1) is 0 Å². The normalized spacial score (nSPS) is 11.6. The summed E-state index contributed by atoms with van der Waals surface area (Å²) in [5, 5.41) is 12.1. The van der Waals surface area contributed by atoms with Crippen molar-refractivity contribution < 1.29 is 14.6 Å². The van der Waals surface area contributed by atoms with Gasteiger partial charge in [-0.2, -0.15) is 0 Å². The summed E-state index contributed by atoms with van der Waals surface area (Å²) in [6.45, 7) is 2.40. The van der Waals surface area contributed by atoms with Crippen molar-refractivity contribution in [2.24, 2.45) is 0 Å². The molecule has 122 valence electrons. The summed E-state index contributed by atoms with van der Waals surface area (Å²) in [7, 11) is 1.64. The largest absolute Gasteiger partial charge is 0.489 e. The smallest absolute Gasteiger partial charge is 0.321 e. The topological polar surface area (TPSA) is 61.8 Å². The molecule has 2 amide bonds. The first-order chi connectivity index (χ1) is 11.0. The van der Waals surface area contributed by atoms with Gasteiger partial charge >= 0.3 is 6.03 Å². The number of amides is 2. The number of anilines is 1. The number of nitrogens with zero attached hydrogens (tertiary/aromatic N) is 1. The van der Waals surface area contributed by atoms with Gasteiger partial charge in [0.1, 0.15) is 12.4 Å². The van der Waals surface area contributed by atoms with Crippen LogP contribution in [0, 0.1) is 0 Å². The minimum Gasteiger partial charge on any atom is -0.489 e. The molecule has 2 aromatic carbocycles. The van der Waals surface area contributed by atoms with E-state index in [0.29, 0.717) is 12.3 Å². The van der Waals surface area contributed by atoms with Crippen molar-refractivity contribution in [1.82, 2.24) is 4.90 Å². The predicted molar refractivity (Wildman–Crippen MR) is 90.5 cm³/mol. The quantitative estimate of drug-likeness (QED) is 0.861. The Morgan fingerprint density at radius 3 is 2.43 bits per heavy atom. The molecule has 0 saturated heterocycles. The number of benzene rings is 2. The Hall–Kier alpha value is -2.53. The van der Waals surface area contributed by atoms with Crippen molar-refractivity contribution in [3.05, 3.63) is 60.2 Å². The summed E-state index contributed by atoms with van der Waals surface area (Å²) in [6, 6.07) is 16.8. The summed E-state index contributed by atoms with van der Waals surface area (Å²) in [5.74, 6) is 0.824. The highest BCUT2D eigenvalue weighted by molar-refractivity contribution is 5.89. The molecule has 2 aromatic rings. The molecule has 2 rings (SSSR count). The molecule has 0 bridgehead atoms. The lowest BCUT2D eigenvalue weighted by molar-refractivity contribution is 0.149. The second-order valence-electron chi connectivity index (χ2n) is 5.46. The Labute approximate surface area is 136 Å². The van der Waals surface area contributed by atoms with Gasteiger partial charge in [-0.3, -0.25) is 0 Å². The molecule has 0 saturated carbocycles. The molecule has 1 atom stereocenters. The number of carbonyl (C=O) groups is 1. The molecule has 0 aromatic heterocycles. The van der Waals surface area contributed by atoms with Crippen LogP contribution < -0.4 is 10.1 Å². The minimum absolute atomic E-state index is 0.251. The van der Waals surface area contributed by atoms with Gasteiger partial charge in [0.2, 0.25) is 0 Å². The Kier molecular flexibility index (Phi) is 6.00. The molecular weight excluding hydrogens is 292 g/mol. The van der Waals surface area contributed by atoms with Crippen LogP contribution in [-0.4, -0.2) is 35.7 Å². The standard InChI is InChI=1S/C18H22N2O3/c1-14(21)12-20(2)18(22)19-16-10-8-15(9-11-16)13-23-17-6-4-3-5-7-17/h3-11,14,21H,12-13H2,1-2H3,(H,19,22). The fraction of sp³-hybridized carbons (Fsp3) is 0.278. The molecule has 0 heterocycles. The maximum atomic E-state index is 11.9. The SMILES string of the molecule is CC(O)CN(C)C(=O)Nc1ccc(COc2ccccc2)cc1. The van der Waals surface area contributed by atoms with Gasteiger partial charge in [-0.1, -0.05) is 30.3 Å². The highest BCUT2D eigenvalue weighted by atomic mass is 16.5. The molecular formula is C18H22N2O3. The minimum atomic E-state index is -0.553. The van der Waals surface area contributed by atoms with E-state index in [4.69, 9.17) is 4.74 Å². The molecule has 23 heavy (non-hydrogen) atoms. The third-order valence-corrected chi connectivity index (χ3v) is 3.24. The number of para-hydroxylation sites is 1. The van der Waals surface area contributed by atoms with E-state index in [2.05, 4.69) is 5.32 Å². The lowest BCUT2D eigenvalue weighted by Gasteiger charge is -2.19. The van der Waals surface area contributed by atoms with Crippen LogP contribution in [0.1, 0.15) is 12.5 Å². The van der Waals surface area contributed by atoms with Gasteiger partial charge in [0.25, 0.3) is 0 Å². The lowest BCUT2D eigenvalue weighted by atomic mass is 10.2. The molecule has 0 radical (unpaired) electrons. The molecule has 0 aliphatic heterocycles. The van der Waals surface area contributed by atoms with Crippen LogP contribution in [0.5, 0.6) is 5.75 Å². The van der Waals surface area contributed by atoms with Crippen LogP contribution in [0.25, 0.3) is 0 Å². The van der Waals surface area contributed by atoms with Gasteiger partial charge in [-0.05, 0) is 36.8 Å². The van der Waals surface area contributed by atoms with Crippen LogP contribution in [0.2, 0.25) is 0 Å². The number of hydrogen-bond donors (Lipinski definition) is 2. The molecule has 0 fully saturated rings. The molecule has 0 spiro atoms. The molecule has 0 aliphatic rings. The molecule has 0 aliphatic carbocycles. The number of ether oxygens (including phenoxy) is 1. The van der Waals surface area contributed by atoms with Gasteiger partial charge in [0.15, 0.2) is 0 Å². The van der Waals surface area contributed by atoms with Gasteiger partial charge in [0.05, 0.1) is 6.10 Å². The number of urea groups is 1. The van der Waals surface area contributed by atoms with Crippen LogP contribution in [0.3, 0.4) is 0 Å². The average molecular weight is 314 g/mol. The zero-order valence-electron chi connectivity index (χ0n) is 13.4. The van der Waals surface area contributed by atoms with Crippen LogP contribution in [-0.2, 0) is 6.61 Å². The molecule has 1 unspecified atom stereocenters. The Morgan fingerprint density at radius 1 is 1.17 bits per heavy atom. The van der Waals surface area contributed by atoms with Crippen LogP contribution in [0.15, 0.2) is 54.6 Å². The van der Waals surface area contributed by atoms with E-state index >= 15 is 0 Å². The zero-order valence-corrected chi connectivity index (χ0v) is 13.4. The number of aliphatic hydroxyl groups excluding tert-OH is 1. The number of aliphatic hydroxyl groups is 1. The fourth-order valence-corrected chi connectivity index (χ4v) is 2.07. The highest BCUT2D eigenvalue weighted by Gasteiger charge is 2.10. The predicted octanol–water partition coefficient (Wildman–Crippen LogP) is 3.11. The first-order valence-corrected chi connectivity index (χ1v) is 7.51. The first-order valence-electron chi connectivity index (χ1n) is 7.51. The van der Waals surface area contributed by atoms with Crippen molar-refractivity contribution >= 4 is 11.7 Å². The first kappa shape index (κ1) is 16.8. The Morgan fingerprint density at radius 2 is 1.83 bits per heavy atom. The van der Waals surface area contributed by atoms with E-state index in [0.717, 1.165) is 11.3 Å². The highest BCUT2D eigenvalue weighted by Crippen LogP contribution is 2.14. The van der Waals surface area contributed by atoms with Crippen molar-refractivity contribution in [1.29, 1.82) is 0 Å². The summed E-state index contributed by atoms with van der Waals surface area (Å²) < 4.78 is 5.67. The maximum Gasteiger partial charge on any atom is 0.321 e. The Bertz CT molecular complexity index is 612. The van der Waals surface area contributed by atoms with E-state index in [1.54, 1.807) is 14.0 Å². The number of carbonyl (C=O) groups excluding carboxylic acids is 1. The van der Waals surface area contributed by atoms with E-state index in [1.807, 2.05) is 54.6 Å². The van der Waals surface area contributed by atoms with Crippen molar-refractivity contribution in [2.75, 3.05) is 18.9 Å². The third-order valence-electron chi connectivity index (χ3n) is 3.24. The molecule has 2 N–H and O–H groups in total. The number of rotatable bonds is 6. The van der Waals surface area contributed by atoms with Crippen molar-refractivity contribution in [2.45, 2.75) is 19.6 Å². The molecule has 5 heteroatoms. The van der Waals surface area contributed by atoms with E-state index in [9.17, 15) is 9.90 Å². The summed E-state index contributed by atoms with van der Waals surface area (Å²) >= 11 is 0. The molecule has 5 nitrogen and oxygen atoms in total. The van der Waals surface area contributed by atoms with E-state index < -0.39 is 6.10 Å². The second kappa shape index (κ2) is 8.19. The second-order valence-corrected chi connectivity index (χ2v) is 5.46. The van der Waals surface area contributed by atoms with E-state index in [1.165, 1.54) is 4.90 Å². The van der Waals surface area contributed by atoms with E-state index in [-0.39, 0.29) is 12.6 Å².